The third-order valence-electron chi connectivity index (χ3n) is 6.40. The number of thiazole rings is 1. The van der Waals surface area contributed by atoms with Crippen molar-refractivity contribution in [3.63, 3.8) is 0 Å². The van der Waals surface area contributed by atoms with E-state index < -0.39 is 5.91 Å². The molecule has 0 atom stereocenters. The number of rotatable bonds is 11. The molecule has 1 N–H and O–H groups in total. The molecule has 3 aromatic rings. The molecule has 2 aromatic carbocycles. The first kappa shape index (κ1) is 28.7. The highest BCUT2D eigenvalue weighted by molar-refractivity contribution is 7.13. The number of nitrogens with zero attached hydrogens (tertiary/aromatic N) is 4. The Morgan fingerprint density at radius 1 is 1.05 bits per heavy atom. The van der Waals surface area contributed by atoms with Crippen LogP contribution in [0.2, 0.25) is 5.02 Å². The van der Waals surface area contributed by atoms with Crippen molar-refractivity contribution < 1.29 is 19.1 Å². The number of anilines is 1. The number of nitrogens with one attached hydrogen (secondary N) is 1. The molecule has 1 saturated heterocycles. The number of piperazine rings is 1. The molecule has 0 radical (unpaired) electrons. The first-order chi connectivity index (χ1) is 18.9. The summed E-state index contributed by atoms with van der Waals surface area (Å²) in [7, 11) is 1.53. The van der Waals surface area contributed by atoms with Gasteiger partial charge >= 0.3 is 0 Å². The number of aromatic nitrogens is 1. The average molecular weight is 570 g/mol. The van der Waals surface area contributed by atoms with Crippen LogP contribution in [0.15, 0.2) is 60.0 Å². The molecule has 0 bridgehead atoms. The maximum absolute atomic E-state index is 13.0. The topological polar surface area (TPSA) is 95.1 Å². The second kappa shape index (κ2) is 14.2. The number of hydrogen-bond donors (Lipinski definition) is 1. The summed E-state index contributed by atoms with van der Waals surface area (Å²) in [6.45, 7) is 4.19. The Labute approximate surface area is 237 Å². The minimum absolute atomic E-state index is 0.0219. The lowest BCUT2D eigenvalue weighted by molar-refractivity contribution is -0.132. The highest BCUT2D eigenvalue weighted by Gasteiger charge is 2.23. The zero-order valence-electron chi connectivity index (χ0n) is 21.8. The van der Waals surface area contributed by atoms with E-state index in [0.29, 0.717) is 34.5 Å². The molecule has 9 nitrogen and oxygen atoms in total. The van der Waals surface area contributed by atoms with Gasteiger partial charge in [0.15, 0.2) is 5.13 Å². The quantitative estimate of drug-likeness (QED) is 0.380. The van der Waals surface area contributed by atoms with E-state index >= 15 is 0 Å². The van der Waals surface area contributed by atoms with E-state index in [-0.39, 0.29) is 37.9 Å². The molecule has 1 fully saturated rings. The Morgan fingerprint density at radius 2 is 1.77 bits per heavy atom. The number of hydrogen-bond acceptors (Lipinski definition) is 7. The first-order valence-corrected chi connectivity index (χ1v) is 14.0. The molecule has 11 heteroatoms. The summed E-state index contributed by atoms with van der Waals surface area (Å²) in [6.07, 6.45) is 0.177. The number of benzene rings is 2. The minimum atomic E-state index is -0.395. The van der Waals surface area contributed by atoms with Gasteiger partial charge in [0.05, 0.1) is 29.3 Å². The van der Waals surface area contributed by atoms with E-state index in [9.17, 15) is 14.4 Å². The molecule has 206 valence electrons. The molecule has 1 aliphatic rings. The first-order valence-electron chi connectivity index (χ1n) is 12.7. The van der Waals surface area contributed by atoms with Crippen molar-refractivity contribution in [3.05, 3.63) is 81.8 Å². The highest BCUT2D eigenvalue weighted by atomic mass is 35.5. The summed E-state index contributed by atoms with van der Waals surface area (Å²) in [4.78, 5) is 48.6. The fraction of sp³-hybridized carbons (Fsp3) is 0.357. The summed E-state index contributed by atoms with van der Waals surface area (Å²) >= 11 is 7.43. The molecule has 0 aliphatic carbocycles. The highest BCUT2D eigenvalue weighted by Crippen LogP contribution is 2.19. The zero-order chi connectivity index (χ0) is 27.6. The van der Waals surface area contributed by atoms with E-state index in [1.54, 1.807) is 29.6 Å². The molecule has 1 aromatic heterocycles. The number of halogens is 1. The van der Waals surface area contributed by atoms with Crippen molar-refractivity contribution in [2.45, 2.75) is 13.0 Å². The second-order valence-electron chi connectivity index (χ2n) is 9.21. The SMILES string of the molecule is COCCN(CC(=O)Nc1nc(CC(=O)N2CCN(Cc3ccccc3)CC2)cs1)C(=O)c1ccccc1Cl. The smallest absolute Gasteiger partial charge is 0.255 e. The van der Waals surface area contributed by atoms with Crippen molar-refractivity contribution in [2.75, 3.05) is 58.3 Å². The largest absolute Gasteiger partial charge is 0.383 e. The van der Waals surface area contributed by atoms with Gasteiger partial charge in [0, 0.05) is 51.8 Å². The van der Waals surface area contributed by atoms with Crippen LogP contribution in [0.4, 0.5) is 5.13 Å². The fourth-order valence-corrected chi connectivity index (χ4v) is 5.24. The van der Waals surface area contributed by atoms with Crippen LogP contribution in [-0.4, -0.2) is 90.4 Å². The van der Waals surface area contributed by atoms with E-state index in [1.807, 2.05) is 23.1 Å². The summed E-state index contributed by atoms with van der Waals surface area (Å²) in [5.74, 6) is -0.732. The molecule has 4 rings (SSSR count). The molecule has 1 aliphatic heterocycles. The van der Waals surface area contributed by atoms with Gasteiger partial charge in [-0.3, -0.25) is 19.3 Å². The van der Waals surface area contributed by atoms with Gasteiger partial charge in [-0.1, -0.05) is 54.1 Å². The molecular weight excluding hydrogens is 538 g/mol. The number of ether oxygens (including phenoxy) is 1. The van der Waals surface area contributed by atoms with Crippen LogP contribution in [0, 0.1) is 0 Å². The van der Waals surface area contributed by atoms with Crippen molar-refractivity contribution in [1.82, 2.24) is 19.7 Å². The van der Waals surface area contributed by atoms with Crippen LogP contribution >= 0.6 is 22.9 Å². The van der Waals surface area contributed by atoms with Crippen LogP contribution < -0.4 is 5.32 Å². The minimum Gasteiger partial charge on any atom is -0.383 e. The summed E-state index contributed by atoms with van der Waals surface area (Å²) in [5, 5.41) is 5.21. The Morgan fingerprint density at radius 3 is 2.49 bits per heavy atom. The molecule has 3 amide bonds. The lowest BCUT2D eigenvalue weighted by Gasteiger charge is -2.34. The Balaban J connectivity index is 1.26. The van der Waals surface area contributed by atoms with Gasteiger partial charge in [0.25, 0.3) is 5.91 Å². The van der Waals surface area contributed by atoms with Gasteiger partial charge in [0.1, 0.15) is 6.54 Å². The van der Waals surface area contributed by atoms with Crippen LogP contribution in [-0.2, 0) is 27.3 Å². The molecule has 2 heterocycles. The number of amides is 3. The van der Waals surface area contributed by atoms with Crippen molar-refractivity contribution >= 4 is 45.8 Å². The predicted molar refractivity (Wildman–Crippen MR) is 152 cm³/mol. The maximum Gasteiger partial charge on any atom is 0.255 e. The number of methoxy groups -OCH3 is 1. The summed E-state index contributed by atoms with van der Waals surface area (Å²) < 4.78 is 5.10. The number of carbonyl (C=O) groups is 3. The van der Waals surface area contributed by atoms with Crippen molar-refractivity contribution in [1.29, 1.82) is 0 Å². The molecular formula is C28H32ClN5O4S. The van der Waals surface area contributed by atoms with E-state index in [2.05, 4.69) is 27.3 Å². The van der Waals surface area contributed by atoms with E-state index in [1.165, 1.54) is 28.9 Å². The lowest BCUT2D eigenvalue weighted by Crippen LogP contribution is -2.48. The van der Waals surface area contributed by atoms with Crippen LogP contribution in [0.25, 0.3) is 0 Å². The maximum atomic E-state index is 13.0. The van der Waals surface area contributed by atoms with E-state index in [0.717, 1.165) is 19.6 Å². The third kappa shape index (κ3) is 8.34. The summed E-state index contributed by atoms with van der Waals surface area (Å²) in [5.41, 5.74) is 2.19. The normalized spacial score (nSPS) is 13.7. The van der Waals surface area contributed by atoms with Gasteiger partial charge in [-0.05, 0) is 17.7 Å². The molecule has 0 saturated carbocycles. The molecule has 0 unspecified atom stereocenters. The predicted octanol–water partition coefficient (Wildman–Crippen LogP) is 3.41. The zero-order valence-corrected chi connectivity index (χ0v) is 23.4. The Kier molecular flexibility index (Phi) is 10.4. The molecule has 39 heavy (non-hydrogen) atoms. The van der Waals surface area contributed by atoms with Gasteiger partial charge in [-0.2, -0.15) is 0 Å². The summed E-state index contributed by atoms with van der Waals surface area (Å²) in [6, 6.07) is 17.0. The van der Waals surface area contributed by atoms with Crippen molar-refractivity contribution in [3.8, 4) is 0 Å². The Bertz CT molecular complexity index is 1260. The number of carbonyl (C=O) groups excluding carboxylic acids is 3. The van der Waals surface area contributed by atoms with Gasteiger partial charge in [-0.25, -0.2) is 4.98 Å². The lowest BCUT2D eigenvalue weighted by atomic mass is 10.2. The average Bonchev–Trinajstić information content (AvgIpc) is 3.38. The van der Waals surface area contributed by atoms with Crippen LogP contribution in [0.1, 0.15) is 21.6 Å². The van der Waals surface area contributed by atoms with Crippen molar-refractivity contribution in [2.24, 2.45) is 0 Å². The van der Waals surface area contributed by atoms with E-state index in [4.69, 9.17) is 16.3 Å². The fourth-order valence-electron chi connectivity index (χ4n) is 4.30. The third-order valence-corrected chi connectivity index (χ3v) is 7.53. The van der Waals surface area contributed by atoms with Gasteiger partial charge < -0.3 is 19.9 Å². The standard InChI is InChI=1S/C28H32ClN5O4S/c1-38-16-15-34(27(37)23-9-5-6-10-24(23)29)19-25(35)31-28-30-22(20-39-28)17-26(36)33-13-11-32(12-14-33)18-21-7-3-2-4-8-21/h2-10,20H,11-19H2,1H3,(H,30,31,35). The van der Waals surface area contributed by atoms with Gasteiger partial charge in [0.2, 0.25) is 11.8 Å². The van der Waals surface area contributed by atoms with Crippen LogP contribution in [0.5, 0.6) is 0 Å². The van der Waals surface area contributed by atoms with Crippen LogP contribution in [0.3, 0.4) is 0 Å². The molecule has 0 spiro atoms. The second-order valence-corrected chi connectivity index (χ2v) is 10.5. The Hall–Kier alpha value is -3.31. The van der Waals surface area contributed by atoms with Gasteiger partial charge in [-0.15, -0.1) is 11.3 Å². The monoisotopic (exact) mass is 569 g/mol.